The van der Waals surface area contributed by atoms with Crippen molar-refractivity contribution in [3.05, 3.63) is 86.5 Å². The largest absolute Gasteiger partial charge is 0.524 e. The lowest BCUT2D eigenvalue weighted by Gasteiger charge is -2.47. The maximum absolute atomic E-state index is 16.3. The third-order valence-electron chi connectivity index (χ3n) is 17.0. The quantitative estimate of drug-likeness (QED) is 0.0418. The monoisotopic (exact) mass is 1170 g/mol. The Morgan fingerprint density at radius 2 is 0.457 bits per heavy atom. The van der Waals surface area contributed by atoms with Gasteiger partial charge >= 0.3 is 15.6 Å². The van der Waals surface area contributed by atoms with Crippen molar-refractivity contribution >= 4 is 20.4 Å². The lowest BCUT2D eigenvalue weighted by Crippen LogP contribution is -2.30. The summed E-state index contributed by atoms with van der Waals surface area (Å²) in [7, 11) is -9.99. The van der Waals surface area contributed by atoms with E-state index in [1.165, 1.54) is 16.7 Å². The minimum Gasteiger partial charge on any atom is -0.200 e. The Kier molecular flexibility index (Phi) is 38.3. The highest BCUT2D eigenvalue weighted by atomic mass is 32.3. The fourth-order valence-electron chi connectivity index (χ4n) is 12.4. The van der Waals surface area contributed by atoms with Gasteiger partial charge in [0.05, 0.1) is 0 Å². The van der Waals surface area contributed by atoms with Crippen molar-refractivity contribution < 1.29 is 25.2 Å². The van der Waals surface area contributed by atoms with Gasteiger partial charge in [-0.15, -0.1) is 0 Å². The first kappa shape index (κ1) is 73.0. The van der Waals surface area contributed by atoms with Crippen molar-refractivity contribution in [2.24, 2.45) is 0 Å². The Labute approximate surface area is 500 Å². The molecule has 0 saturated carbocycles. The lowest BCUT2D eigenvalue weighted by molar-refractivity contribution is -0.0496. The predicted molar refractivity (Wildman–Crippen MR) is 348 cm³/mol. The number of rotatable bonds is 50. The molecule has 0 saturated heterocycles. The normalized spacial score (nSPS) is 12.5. The van der Waals surface area contributed by atoms with Crippen molar-refractivity contribution in [3.63, 3.8) is 0 Å². The van der Waals surface area contributed by atoms with Crippen molar-refractivity contribution in [3.8, 4) is 0 Å². The molecule has 0 aliphatic carbocycles. The summed E-state index contributed by atoms with van der Waals surface area (Å²) in [6.07, 6.45) is 44.2. The molecule has 0 aliphatic rings. The number of hydrogen-bond donors (Lipinski definition) is 0. The molecule has 0 aliphatic heterocycles. The van der Waals surface area contributed by atoms with Crippen LogP contribution in [0, 0.1) is 0 Å². The van der Waals surface area contributed by atoms with Crippen LogP contribution in [-0.2, 0) is 71.5 Å². The summed E-state index contributed by atoms with van der Waals surface area (Å²) in [4.78, 5) is 2.42. The van der Waals surface area contributed by atoms with Crippen LogP contribution in [-0.4, -0.2) is 13.9 Å². The second kappa shape index (κ2) is 42.5. The third kappa shape index (κ3) is 25.3. The van der Waals surface area contributed by atoms with Crippen LogP contribution in [0.15, 0.2) is 51.1 Å². The van der Waals surface area contributed by atoms with E-state index in [2.05, 4.69) is 98.7 Å². The molecule has 3 nitrogen and oxygen atoms in total. The minimum atomic E-state index is -6.23. The Morgan fingerprint density at radius 1 is 0.284 bits per heavy atom. The fourth-order valence-corrected chi connectivity index (χ4v) is 18.4. The molecule has 0 amide bonds. The van der Waals surface area contributed by atoms with Gasteiger partial charge in [0.25, 0.3) is 0 Å². The maximum atomic E-state index is 16.3. The zero-order chi connectivity index (χ0) is 59.2. The van der Waals surface area contributed by atoms with E-state index < -0.39 is 25.9 Å². The van der Waals surface area contributed by atoms with Crippen LogP contribution < -0.4 is 0 Å². The first-order valence-electron chi connectivity index (χ1n) is 34.6. The Balaban J connectivity index is 3.06. The molecule has 3 rings (SSSR count). The molecule has 81 heavy (non-hydrogen) atoms. The number of unbranched alkanes of at least 4 members (excludes halogenated alkanes) is 27. The van der Waals surface area contributed by atoms with E-state index >= 15 is 21.6 Å². The fraction of sp³-hybridized carbons (Fsp3) is 0.753. The second-order valence-corrected chi connectivity index (χ2v) is 28.8. The van der Waals surface area contributed by atoms with Gasteiger partial charge in [0.2, 0.25) is 0 Å². The van der Waals surface area contributed by atoms with Crippen LogP contribution >= 0.6 is 10.3 Å². The van der Waals surface area contributed by atoms with Crippen molar-refractivity contribution in [2.75, 3.05) is 0 Å². The molecule has 0 aromatic heterocycles. The summed E-state index contributed by atoms with van der Waals surface area (Å²) in [5.74, 6) is 0. The van der Waals surface area contributed by atoms with E-state index in [4.69, 9.17) is 3.63 Å². The summed E-state index contributed by atoms with van der Waals surface area (Å²) in [6.45, 7) is 20.1. The van der Waals surface area contributed by atoms with Gasteiger partial charge in [-0.05, 0) is 176 Å². The van der Waals surface area contributed by atoms with E-state index in [1.807, 2.05) is 0 Å². The van der Waals surface area contributed by atoms with Gasteiger partial charge in [0, 0.05) is 14.7 Å². The highest BCUT2D eigenvalue weighted by Gasteiger charge is 2.55. The molecule has 0 bridgehead atoms. The summed E-state index contributed by atoms with van der Waals surface area (Å²) >= 11 is 0. The maximum Gasteiger partial charge on any atom is 0.524 e. The average molecular weight is 1170 g/mol. The van der Waals surface area contributed by atoms with E-state index in [0.29, 0.717) is 38.5 Å². The summed E-state index contributed by atoms with van der Waals surface area (Å²) in [6, 6.07) is 14.2. The third-order valence-corrected chi connectivity index (χ3v) is 22.4. The zero-order valence-electron chi connectivity index (χ0n) is 54.0. The highest BCUT2D eigenvalue weighted by molar-refractivity contribution is 8.33. The first-order valence-corrected chi connectivity index (χ1v) is 37.5. The van der Waals surface area contributed by atoms with Crippen molar-refractivity contribution in [1.82, 2.24) is 0 Å². The standard InChI is InChI=1S/C73H123F3O3S2/c1-10-19-28-37-46-61-55-64(49-40-31-22-13-4)70(65(56-61)50-41-32-23-14-5)80(79-81(77,78)73(74,75)76,71-66(51-42-33-24-15-6)57-62(47-38-29-20-11-2)58-67(71)52-43-34-25-16-7)72-68(53-44-35-26-17-8)59-63(48-39-30-21-12-3)60-69(72)54-45-36-27-18-9/h55-60H,10-54H2,1-9H3. The molecule has 466 valence electrons. The number of hydrogen-bond acceptors (Lipinski definition) is 3. The Bertz CT molecular complexity index is 1920. The smallest absolute Gasteiger partial charge is 0.200 e. The minimum absolute atomic E-state index is 0.671. The van der Waals surface area contributed by atoms with Gasteiger partial charge in [-0.2, -0.15) is 25.2 Å². The molecule has 0 N–H and O–H groups in total. The van der Waals surface area contributed by atoms with Gasteiger partial charge in [0.1, 0.15) is 0 Å². The topological polar surface area (TPSA) is 43.4 Å². The van der Waals surface area contributed by atoms with Gasteiger partial charge in [0.15, 0.2) is 0 Å². The van der Waals surface area contributed by atoms with Gasteiger partial charge < -0.3 is 0 Å². The van der Waals surface area contributed by atoms with Crippen LogP contribution in [0.5, 0.6) is 0 Å². The SMILES string of the molecule is CCCCCCc1cc(CCCCCC)c(S(OS(=O)(=O)C(F)(F)F)(c2c(CCCCCC)cc(CCCCCC)cc2CCCCCC)c2c(CCCCCC)cc(CCCCCC)cc2CCCCCC)c(CCCCCC)c1. The summed E-state index contributed by atoms with van der Waals surface area (Å²) in [5, 5.41) is 0. The molecular formula is C73H123F3O3S2. The van der Waals surface area contributed by atoms with Gasteiger partial charge in [-0.1, -0.05) is 272 Å². The molecule has 0 heterocycles. The molecule has 8 heteroatoms. The first-order chi connectivity index (χ1) is 39.3. The Morgan fingerprint density at radius 3 is 0.617 bits per heavy atom. The Hall–Kier alpha value is -2.29. The molecule has 0 radical (unpaired) electrons. The molecular weight excluding hydrogens is 1050 g/mol. The van der Waals surface area contributed by atoms with Crippen LogP contribution in [0.1, 0.15) is 344 Å². The van der Waals surface area contributed by atoms with Crippen molar-refractivity contribution in [2.45, 2.75) is 371 Å². The molecule has 3 aromatic carbocycles. The van der Waals surface area contributed by atoms with Gasteiger partial charge in [-0.3, -0.25) is 0 Å². The number of benzene rings is 3. The van der Waals surface area contributed by atoms with Crippen LogP contribution in [0.3, 0.4) is 0 Å². The van der Waals surface area contributed by atoms with Crippen LogP contribution in [0.4, 0.5) is 13.2 Å². The summed E-state index contributed by atoms with van der Waals surface area (Å²) < 4.78 is 86.8. The van der Waals surface area contributed by atoms with Crippen LogP contribution in [0.2, 0.25) is 0 Å². The van der Waals surface area contributed by atoms with E-state index in [9.17, 15) is 0 Å². The molecule has 0 unspecified atom stereocenters. The lowest BCUT2D eigenvalue weighted by atomic mass is 9.94. The number of aryl methyl sites for hydroxylation is 9. The number of alkyl halides is 3. The molecule has 0 spiro atoms. The number of halogens is 3. The second-order valence-electron chi connectivity index (χ2n) is 24.5. The van der Waals surface area contributed by atoms with Gasteiger partial charge in [-0.25, -0.2) is 0 Å². The highest BCUT2D eigenvalue weighted by Crippen LogP contribution is 2.76. The molecule has 0 atom stereocenters. The zero-order valence-corrected chi connectivity index (χ0v) is 55.6. The van der Waals surface area contributed by atoms with E-state index in [-0.39, 0.29) is 0 Å². The average Bonchev–Trinajstić information content (AvgIpc) is 3.05. The van der Waals surface area contributed by atoms with Crippen LogP contribution in [0.25, 0.3) is 0 Å². The molecule has 3 aromatic rings. The summed E-state index contributed by atoms with van der Waals surface area (Å²) in [5.41, 5.74) is 4.28. The molecule has 0 fully saturated rings. The predicted octanol–water partition coefficient (Wildman–Crippen LogP) is 24.9. The van der Waals surface area contributed by atoms with Crippen molar-refractivity contribution in [1.29, 1.82) is 0 Å². The van der Waals surface area contributed by atoms with E-state index in [0.717, 1.165) is 298 Å². The van der Waals surface area contributed by atoms with E-state index in [1.54, 1.807) is 0 Å².